The van der Waals surface area contributed by atoms with Gasteiger partial charge in [-0.05, 0) is 45.5 Å². The summed E-state index contributed by atoms with van der Waals surface area (Å²) in [5.41, 5.74) is -0.0584. The second kappa shape index (κ2) is 6.70. The van der Waals surface area contributed by atoms with Gasteiger partial charge in [0.1, 0.15) is 11.6 Å². The monoisotopic (exact) mass is 282 g/mol. The van der Waals surface area contributed by atoms with E-state index in [1.54, 1.807) is 26.8 Å². The van der Waals surface area contributed by atoms with E-state index >= 15 is 0 Å². The third-order valence-electron chi connectivity index (χ3n) is 3.19. The number of benzene rings is 1. The van der Waals surface area contributed by atoms with E-state index in [4.69, 9.17) is 4.74 Å². The van der Waals surface area contributed by atoms with Crippen LogP contribution in [0, 0.1) is 5.82 Å². The molecule has 1 amide bonds. The summed E-state index contributed by atoms with van der Waals surface area (Å²) in [5, 5.41) is 5.98. The fourth-order valence-corrected chi connectivity index (χ4v) is 2.02. The number of hydrogen-bond acceptors (Lipinski definition) is 3. The number of halogens is 1. The normalized spacial score (nSPS) is 12.9. The number of carbonyl (C=O) groups is 1. The topological polar surface area (TPSA) is 50.4 Å². The van der Waals surface area contributed by atoms with Gasteiger partial charge < -0.3 is 15.4 Å². The summed E-state index contributed by atoms with van der Waals surface area (Å²) in [6.07, 6.45) is 0. The van der Waals surface area contributed by atoms with Gasteiger partial charge in [0, 0.05) is 5.56 Å². The lowest BCUT2D eigenvalue weighted by Crippen LogP contribution is -2.53. The molecule has 1 aromatic rings. The van der Waals surface area contributed by atoms with E-state index < -0.39 is 5.54 Å². The third-order valence-corrected chi connectivity index (χ3v) is 3.19. The maximum absolute atomic E-state index is 13.4. The fourth-order valence-electron chi connectivity index (χ4n) is 2.02. The van der Waals surface area contributed by atoms with E-state index in [0.29, 0.717) is 17.9 Å². The van der Waals surface area contributed by atoms with E-state index in [9.17, 15) is 9.18 Å². The molecule has 0 spiro atoms. The first-order valence-electron chi connectivity index (χ1n) is 6.71. The van der Waals surface area contributed by atoms with Crippen LogP contribution in [0.25, 0.3) is 0 Å². The molecule has 0 saturated heterocycles. The van der Waals surface area contributed by atoms with E-state index in [2.05, 4.69) is 10.6 Å². The van der Waals surface area contributed by atoms with E-state index in [-0.39, 0.29) is 17.8 Å². The molecular weight excluding hydrogens is 259 g/mol. The Labute approximate surface area is 119 Å². The summed E-state index contributed by atoms with van der Waals surface area (Å²) in [6, 6.07) is 3.93. The lowest BCUT2D eigenvalue weighted by atomic mass is 10.0. The number of ether oxygens (including phenoxy) is 1. The number of methoxy groups -OCH3 is 1. The smallest absolute Gasteiger partial charge is 0.240 e. The summed E-state index contributed by atoms with van der Waals surface area (Å²) in [6.45, 7) is 8.05. The van der Waals surface area contributed by atoms with Gasteiger partial charge in [0.2, 0.25) is 5.91 Å². The zero-order valence-corrected chi connectivity index (χ0v) is 12.7. The predicted molar refractivity (Wildman–Crippen MR) is 77.3 cm³/mol. The van der Waals surface area contributed by atoms with Crippen LogP contribution >= 0.6 is 0 Å². The van der Waals surface area contributed by atoms with Crippen molar-refractivity contribution in [3.05, 3.63) is 29.6 Å². The molecule has 1 atom stereocenters. The van der Waals surface area contributed by atoms with Crippen LogP contribution in [0.15, 0.2) is 18.2 Å². The first-order chi connectivity index (χ1) is 9.31. The van der Waals surface area contributed by atoms with Crippen molar-refractivity contribution in [2.75, 3.05) is 13.7 Å². The quantitative estimate of drug-likeness (QED) is 0.842. The Morgan fingerprint density at radius 3 is 2.65 bits per heavy atom. The highest BCUT2D eigenvalue weighted by atomic mass is 19.1. The Morgan fingerprint density at radius 2 is 2.10 bits per heavy atom. The summed E-state index contributed by atoms with van der Waals surface area (Å²) >= 11 is 0. The molecule has 1 aromatic carbocycles. The third kappa shape index (κ3) is 3.93. The molecule has 0 aliphatic carbocycles. The minimum Gasteiger partial charge on any atom is -0.496 e. The van der Waals surface area contributed by atoms with Gasteiger partial charge in [0.15, 0.2) is 0 Å². The average molecular weight is 282 g/mol. The van der Waals surface area contributed by atoms with Crippen LogP contribution in [-0.2, 0) is 4.79 Å². The van der Waals surface area contributed by atoms with Gasteiger partial charge in [-0.1, -0.05) is 6.92 Å². The average Bonchev–Trinajstić information content (AvgIpc) is 2.38. The molecule has 112 valence electrons. The number of likely N-dealkylation sites (N-methyl/N-ethyl adjacent to an activating group) is 1. The van der Waals surface area contributed by atoms with E-state index in [1.807, 2.05) is 6.92 Å². The fraction of sp³-hybridized carbons (Fsp3) is 0.533. The zero-order chi connectivity index (χ0) is 15.3. The summed E-state index contributed by atoms with van der Waals surface area (Å²) in [4.78, 5) is 12.2. The standard InChI is InChI=1S/C15H23FN2O2/c1-6-17-15(3,4)14(19)18-10(2)12-9-11(16)7-8-13(12)20-5/h7-10,17H,6H2,1-5H3,(H,18,19). The van der Waals surface area contributed by atoms with Crippen molar-refractivity contribution >= 4 is 5.91 Å². The molecule has 1 unspecified atom stereocenters. The van der Waals surface area contributed by atoms with Crippen LogP contribution in [0.3, 0.4) is 0 Å². The molecule has 0 aromatic heterocycles. The zero-order valence-electron chi connectivity index (χ0n) is 12.7. The molecule has 0 aliphatic heterocycles. The molecule has 0 aliphatic rings. The van der Waals surface area contributed by atoms with Crippen LogP contribution in [-0.4, -0.2) is 25.1 Å². The molecule has 4 nitrogen and oxygen atoms in total. The van der Waals surface area contributed by atoms with Crippen molar-refractivity contribution in [3.63, 3.8) is 0 Å². The first-order valence-corrected chi connectivity index (χ1v) is 6.71. The second-order valence-electron chi connectivity index (χ2n) is 5.24. The lowest BCUT2D eigenvalue weighted by Gasteiger charge is -2.27. The minimum atomic E-state index is -0.677. The van der Waals surface area contributed by atoms with Gasteiger partial charge in [-0.15, -0.1) is 0 Å². The van der Waals surface area contributed by atoms with Crippen molar-refractivity contribution in [3.8, 4) is 5.75 Å². The summed E-state index contributed by atoms with van der Waals surface area (Å²) < 4.78 is 18.6. The molecule has 0 fully saturated rings. The minimum absolute atomic E-state index is 0.141. The van der Waals surface area contributed by atoms with Crippen LogP contribution in [0.2, 0.25) is 0 Å². The Hall–Kier alpha value is -1.62. The SMILES string of the molecule is CCNC(C)(C)C(=O)NC(C)c1cc(F)ccc1OC. The van der Waals surface area contributed by atoms with Gasteiger partial charge >= 0.3 is 0 Å². The number of rotatable bonds is 6. The Balaban J connectivity index is 2.88. The van der Waals surface area contributed by atoms with Crippen molar-refractivity contribution in [1.82, 2.24) is 10.6 Å². The van der Waals surface area contributed by atoms with Gasteiger partial charge in [-0.3, -0.25) is 4.79 Å². The van der Waals surface area contributed by atoms with E-state index in [0.717, 1.165) is 0 Å². The first kappa shape index (κ1) is 16.4. The van der Waals surface area contributed by atoms with E-state index in [1.165, 1.54) is 19.2 Å². The lowest BCUT2D eigenvalue weighted by molar-refractivity contribution is -0.127. The highest BCUT2D eigenvalue weighted by molar-refractivity contribution is 5.85. The highest BCUT2D eigenvalue weighted by Gasteiger charge is 2.28. The maximum Gasteiger partial charge on any atom is 0.240 e. The largest absolute Gasteiger partial charge is 0.496 e. The van der Waals surface area contributed by atoms with Crippen molar-refractivity contribution in [2.45, 2.75) is 39.3 Å². The molecule has 0 saturated carbocycles. The van der Waals surface area contributed by atoms with Crippen molar-refractivity contribution in [2.24, 2.45) is 0 Å². The van der Waals surface area contributed by atoms with Gasteiger partial charge in [-0.2, -0.15) is 0 Å². The maximum atomic E-state index is 13.4. The van der Waals surface area contributed by atoms with Crippen LogP contribution < -0.4 is 15.4 Å². The summed E-state index contributed by atoms with van der Waals surface area (Å²) in [7, 11) is 1.52. The molecule has 0 heterocycles. The number of carbonyl (C=O) groups excluding carboxylic acids is 1. The Morgan fingerprint density at radius 1 is 1.45 bits per heavy atom. The van der Waals surface area contributed by atoms with Gasteiger partial charge in [-0.25, -0.2) is 4.39 Å². The molecule has 20 heavy (non-hydrogen) atoms. The predicted octanol–water partition coefficient (Wildman–Crippen LogP) is 2.40. The molecule has 0 bridgehead atoms. The van der Waals surface area contributed by atoms with Crippen molar-refractivity contribution < 1.29 is 13.9 Å². The van der Waals surface area contributed by atoms with Crippen molar-refractivity contribution in [1.29, 1.82) is 0 Å². The second-order valence-corrected chi connectivity index (χ2v) is 5.24. The summed E-state index contributed by atoms with van der Waals surface area (Å²) in [5.74, 6) is 0.0615. The Kier molecular flexibility index (Phi) is 5.51. The molecular formula is C15H23FN2O2. The number of hydrogen-bond donors (Lipinski definition) is 2. The van der Waals surface area contributed by atoms with Crippen LogP contribution in [0.1, 0.15) is 39.3 Å². The highest BCUT2D eigenvalue weighted by Crippen LogP contribution is 2.26. The molecule has 5 heteroatoms. The number of nitrogens with one attached hydrogen (secondary N) is 2. The molecule has 1 rings (SSSR count). The van der Waals surface area contributed by atoms with Crippen LogP contribution in [0.4, 0.5) is 4.39 Å². The van der Waals surface area contributed by atoms with Gasteiger partial charge in [0.25, 0.3) is 0 Å². The Bertz CT molecular complexity index is 475. The van der Waals surface area contributed by atoms with Crippen LogP contribution in [0.5, 0.6) is 5.75 Å². The molecule has 2 N–H and O–H groups in total. The molecule has 0 radical (unpaired) electrons. The number of amides is 1. The van der Waals surface area contributed by atoms with Gasteiger partial charge in [0.05, 0.1) is 18.7 Å².